The normalized spacial score (nSPS) is 22.5. The lowest BCUT2D eigenvalue weighted by Gasteiger charge is -2.41. The first-order valence-corrected chi connectivity index (χ1v) is 18.7. The van der Waals surface area contributed by atoms with Crippen LogP contribution in [0.15, 0.2) is 17.3 Å². The van der Waals surface area contributed by atoms with Gasteiger partial charge in [-0.15, -0.1) is 0 Å². The Hall–Kier alpha value is -5.59. The molecule has 4 aliphatic rings. The predicted molar refractivity (Wildman–Crippen MR) is 192 cm³/mol. The quantitative estimate of drug-likeness (QED) is 0.0297. The number of carbonyl (C=O) groups excluding carboxylic acids is 6. The number of urea groups is 1. The van der Waals surface area contributed by atoms with Crippen LogP contribution in [0.5, 0.6) is 11.5 Å². The van der Waals surface area contributed by atoms with E-state index in [-0.39, 0.29) is 47.6 Å². The number of anilines is 1. The average molecular weight is 859 g/mol. The molecule has 1 aromatic carbocycles. The number of β-lactam (4-membered cyclic amide) rings is 1. The summed E-state index contributed by atoms with van der Waals surface area (Å²) in [6.07, 6.45) is 0.324. The molecule has 3 atom stereocenters. The molecular formula is C30H29Cl2N9O13S2. The molecule has 3 aliphatic heterocycles. The molecule has 298 valence electrons. The number of oxime groups is 1. The van der Waals surface area contributed by atoms with Crippen LogP contribution in [0.4, 0.5) is 9.93 Å². The number of thiazole rings is 1. The van der Waals surface area contributed by atoms with Gasteiger partial charge < -0.3 is 46.5 Å². The third-order valence-corrected chi connectivity index (χ3v) is 12.4. The van der Waals surface area contributed by atoms with E-state index in [0.29, 0.717) is 18.2 Å². The summed E-state index contributed by atoms with van der Waals surface area (Å²) in [5, 5.41) is 46.9. The van der Waals surface area contributed by atoms with Crippen LogP contribution in [-0.2, 0) is 33.6 Å². The van der Waals surface area contributed by atoms with Crippen LogP contribution >= 0.6 is 46.3 Å². The first kappa shape index (κ1) is 40.1. The Bertz CT molecular complexity index is 2120. The van der Waals surface area contributed by atoms with Gasteiger partial charge >= 0.3 is 18.0 Å². The fraction of sp³-hybridized carbons (Fsp3) is 0.400. The van der Waals surface area contributed by atoms with Gasteiger partial charge in [0.15, 0.2) is 22.3 Å². The van der Waals surface area contributed by atoms with Crippen molar-refractivity contribution in [2.75, 3.05) is 31.9 Å². The molecule has 0 spiro atoms. The molecule has 9 N–H and O–H groups in total. The standard InChI is InChI=1S/C30H29Cl2N9O13S2/c31-14-11(2-3-12(42)19(14)45)18(44)22(47)34-7-4-13(43)37-41-9-8-40(28(41)53)30(26(51)52)10-39-23(48)17(24(39)56-30)35-21(46)16(15-20(32)55-27(33)36-15)38-54-29(25(49)50)5-1-6-29/h2-3,17,24,42,45H,1,4-10H2,(H2,33,36)(H,34,47)(H,35,46)(H,37,43)(H,49,50)(H,51,52)/b38-16-/t17-,24-,30-/m1/s1. The third kappa shape index (κ3) is 7.03. The van der Waals surface area contributed by atoms with Crippen molar-refractivity contribution in [3.8, 4) is 11.5 Å². The summed E-state index contributed by atoms with van der Waals surface area (Å²) in [5.41, 5.74) is 5.13. The second-order valence-electron chi connectivity index (χ2n) is 12.6. The number of benzene rings is 1. The molecule has 6 rings (SSSR count). The van der Waals surface area contributed by atoms with Crippen LogP contribution in [0.1, 0.15) is 41.7 Å². The summed E-state index contributed by atoms with van der Waals surface area (Å²) in [5.74, 6) is -9.11. The van der Waals surface area contributed by atoms with Crippen molar-refractivity contribution in [3.05, 3.63) is 32.7 Å². The van der Waals surface area contributed by atoms with Crippen LogP contribution in [0, 0.1) is 0 Å². The number of carboxylic acid groups (broad SMARTS) is 2. The molecule has 4 fully saturated rings. The number of amides is 6. The molecule has 1 aliphatic carbocycles. The Morgan fingerprint density at radius 1 is 1.05 bits per heavy atom. The van der Waals surface area contributed by atoms with Crippen LogP contribution in [0.25, 0.3) is 0 Å². The van der Waals surface area contributed by atoms with E-state index in [2.05, 4.69) is 26.2 Å². The number of nitrogens with two attached hydrogens (primary N) is 1. The molecule has 6 amide bonds. The summed E-state index contributed by atoms with van der Waals surface area (Å²) in [4.78, 5) is 112. The van der Waals surface area contributed by atoms with Crippen LogP contribution < -0.4 is 21.8 Å². The number of phenols is 2. The highest BCUT2D eigenvalue weighted by atomic mass is 35.5. The fourth-order valence-electron chi connectivity index (χ4n) is 6.05. The first-order valence-electron chi connectivity index (χ1n) is 16.3. The monoisotopic (exact) mass is 857 g/mol. The van der Waals surface area contributed by atoms with Gasteiger partial charge in [-0.2, -0.15) is 0 Å². The smallest absolute Gasteiger partial charge is 0.350 e. The zero-order valence-corrected chi connectivity index (χ0v) is 31.5. The van der Waals surface area contributed by atoms with Gasteiger partial charge in [0.2, 0.25) is 22.3 Å². The topological polar surface area (TPSA) is 324 Å². The average Bonchev–Trinajstić information content (AvgIpc) is 3.79. The maximum absolute atomic E-state index is 13.6. The van der Waals surface area contributed by atoms with E-state index >= 15 is 0 Å². The second-order valence-corrected chi connectivity index (χ2v) is 16.0. The Morgan fingerprint density at radius 2 is 1.77 bits per heavy atom. The molecule has 4 heterocycles. The van der Waals surface area contributed by atoms with E-state index in [9.17, 15) is 58.8 Å². The van der Waals surface area contributed by atoms with E-state index in [1.807, 2.05) is 0 Å². The number of hydrogen-bond donors (Lipinski definition) is 8. The zero-order chi connectivity index (χ0) is 40.9. The van der Waals surface area contributed by atoms with Crippen molar-refractivity contribution < 1.29 is 63.6 Å². The number of halogens is 2. The molecule has 22 nitrogen and oxygen atoms in total. The summed E-state index contributed by atoms with van der Waals surface area (Å²) in [6.45, 7) is -1.26. The number of carboxylic acids is 2. The summed E-state index contributed by atoms with van der Waals surface area (Å²) in [6, 6.07) is -0.295. The minimum absolute atomic E-state index is 0.0513. The minimum atomic E-state index is -2.06. The largest absolute Gasteiger partial charge is 0.504 e. The highest BCUT2D eigenvalue weighted by molar-refractivity contribution is 8.02. The maximum atomic E-state index is 13.6. The number of phenolic OH excluding ortho intramolecular Hbond substituents is 2. The Labute approximate surface area is 331 Å². The molecular weight excluding hydrogens is 829 g/mol. The lowest BCUT2D eigenvalue weighted by atomic mass is 9.80. The molecule has 0 unspecified atom stereocenters. The van der Waals surface area contributed by atoms with Gasteiger partial charge in [0.05, 0.1) is 23.7 Å². The van der Waals surface area contributed by atoms with Gasteiger partial charge in [0.25, 0.3) is 17.6 Å². The van der Waals surface area contributed by atoms with Gasteiger partial charge in [0.1, 0.15) is 21.4 Å². The van der Waals surface area contributed by atoms with Crippen molar-refractivity contribution in [2.24, 2.45) is 5.16 Å². The highest BCUT2D eigenvalue weighted by Gasteiger charge is 2.66. The zero-order valence-electron chi connectivity index (χ0n) is 28.3. The van der Waals surface area contributed by atoms with E-state index in [1.54, 1.807) is 0 Å². The lowest BCUT2D eigenvalue weighted by molar-refractivity contribution is -0.178. The number of carbonyl (C=O) groups is 8. The molecule has 1 aromatic heterocycles. The van der Waals surface area contributed by atoms with Crippen molar-refractivity contribution >= 4 is 105 Å². The van der Waals surface area contributed by atoms with Gasteiger partial charge in [-0.05, 0) is 18.6 Å². The number of fused-ring (bicyclic) bond motifs is 1. The van der Waals surface area contributed by atoms with Crippen molar-refractivity contribution in [1.82, 2.24) is 35.9 Å². The van der Waals surface area contributed by atoms with Crippen molar-refractivity contribution in [3.63, 3.8) is 0 Å². The van der Waals surface area contributed by atoms with Crippen molar-refractivity contribution in [1.29, 1.82) is 0 Å². The van der Waals surface area contributed by atoms with Gasteiger partial charge in [-0.1, -0.05) is 51.5 Å². The Balaban J connectivity index is 1.07. The third-order valence-electron chi connectivity index (χ3n) is 9.26. The number of hydrogen-bond acceptors (Lipinski definition) is 16. The van der Waals surface area contributed by atoms with E-state index in [0.717, 1.165) is 38.3 Å². The fourth-order valence-corrected chi connectivity index (χ4v) is 8.86. The lowest BCUT2D eigenvalue weighted by Crippen LogP contribution is -2.68. The van der Waals surface area contributed by atoms with E-state index < -0.39 is 110 Å². The minimum Gasteiger partial charge on any atom is -0.504 e. The second kappa shape index (κ2) is 15.2. The molecule has 56 heavy (non-hydrogen) atoms. The predicted octanol–water partition coefficient (Wildman–Crippen LogP) is -0.490. The maximum Gasteiger partial charge on any atom is 0.350 e. The SMILES string of the molecule is Nc1nc(/C(=N/OC2(C(=O)O)CCC2)C(=O)N[C@@H]2C(=O)N3C[C@@](C(=O)O)(N4CCN(NC(=O)CCNC(=O)C(=O)c5ccc(O)c(O)c5Cl)C4=O)S[C@H]23)c(Cl)s1. The summed E-state index contributed by atoms with van der Waals surface area (Å²) in [7, 11) is 0. The molecule has 2 aromatic rings. The number of ketones is 1. The number of hydrazine groups is 1. The highest BCUT2D eigenvalue weighted by Crippen LogP contribution is 2.49. The van der Waals surface area contributed by atoms with Crippen molar-refractivity contribution in [2.45, 2.75) is 47.6 Å². The number of aliphatic carboxylic acids is 2. The first-order chi connectivity index (χ1) is 26.4. The number of nitrogen functional groups attached to an aromatic ring is 1. The summed E-state index contributed by atoms with van der Waals surface area (Å²) >= 11 is 13.5. The number of nitrogens with one attached hydrogen (secondary N) is 3. The Morgan fingerprint density at radius 3 is 2.38 bits per heavy atom. The van der Waals surface area contributed by atoms with E-state index in [1.165, 1.54) is 0 Å². The van der Waals surface area contributed by atoms with Gasteiger partial charge in [-0.25, -0.2) is 24.4 Å². The molecule has 3 saturated heterocycles. The van der Waals surface area contributed by atoms with Crippen LogP contribution in [0.2, 0.25) is 9.36 Å². The molecule has 26 heteroatoms. The summed E-state index contributed by atoms with van der Waals surface area (Å²) < 4.78 is -0.0819. The number of aromatic nitrogens is 1. The number of thioether (sulfide) groups is 1. The molecule has 0 bridgehead atoms. The Kier molecular flexibility index (Phi) is 10.8. The number of nitrogens with zero attached hydrogens (tertiary/aromatic N) is 5. The van der Waals surface area contributed by atoms with Gasteiger partial charge in [0, 0.05) is 32.4 Å². The van der Waals surface area contributed by atoms with E-state index in [4.69, 9.17) is 33.8 Å². The number of rotatable bonds is 14. The number of Topliss-reactive ketones (excluding diaryl/α,β-unsaturated/α-hetero) is 1. The number of aromatic hydroxyl groups is 2. The van der Waals surface area contributed by atoms with Crippen LogP contribution in [-0.4, -0.2) is 141 Å². The van der Waals surface area contributed by atoms with Crippen LogP contribution in [0.3, 0.4) is 0 Å². The molecule has 0 radical (unpaired) electrons. The van der Waals surface area contributed by atoms with Gasteiger partial charge in [-0.3, -0.25) is 34.3 Å². The molecule has 1 saturated carbocycles.